The Morgan fingerprint density at radius 2 is 1.87 bits per heavy atom. The first kappa shape index (κ1) is 12.8. The van der Waals surface area contributed by atoms with Gasteiger partial charge >= 0.3 is 8.80 Å². The highest BCUT2D eigenvalue weighted by molar-refractivity contribution is 7.09. The van der Waals surface area contributed by atoms with Crippen LogP contribution in [-0.4, -0.2) is 30.1 Å². The minimum atomic E-state index is -2.41. The number of aromatic nitrogens is 1. The van der Waals surface area contributed by atoms with Crippen molar-refractivity contribution in [3.8, 4) is 0 Å². The molecule has 0 N–H and O–H groups in total. The van der Waals surface area contributed by atoms with E-state index in [-0.39, 0.29) is 0 Å². The summed E-state index contributed by atoms with van der Waals surface area (Å²) in [7, 11) is 2.52. The highest BCUT2D eigenvalue weighted by Gasteiger charge is 2.39. The molecule has 0 aliphatic rings. The molecule has 1 aromatic heterocycles. The van der Waals surface area contributed by atoms with Crippen molar-refractivity contribution in [2.75, 3.05) is 21.3 Å². The van der Waals surface area contributed by atoms with Gasteiger partial charge in [0.15, 0.2) is 12.7 Å². The lowest BCUT2D eigenvalue weighted by molar-refractivity contribution is -0.694. The fourth-order valence-electron chi connectivity index (χ4n) is 1.42. The first-order valence-electron chi connectivity index (χ1n) is 4.76. The van der Waals surface area contributed by atoms with Crippen molar-refractivity contribution in [1.29, 1.82) is 0 Å². The number of nitrogens with zero attached hydrogens (tertiary/aromatic N) is 1. The van der Waals surface area contributed by atoms with Crippen LogP contribution in [0.15, 0.2) is 11.6 Å². The summed E-state index contributed by atoms with van der Waals surface area (Å²) >= 11 is 1.73. The summed E-state index contributed by atoms with van der Waals surface area (Å²) in [6.45, 7) is 2.97. The molecule has 0 atom stereocenters. The van der Waals surface area contributed by atoms with Crippen LogP contribution in [0, 0.1) is 6.92 Å². The fraction of sp³-hybridized carbons (Fsp3) is 0.667. The number of thiazole rings is 1. The number of aryl methyl sites for hydroxylation is 2. The summed E-state index contributed by atoms with van der Waals surface area (Å²) in [4.78, 5) is 0. The summed E-state index contributed by atoms with van der Waals surface area (Å²) in [6, 6.07) is 0.790. The molecule has 86 valence electrons. The second kappa shape index (κ2) is 5.71. The molecule has 0 radical (unpaired) electrons. The normalized spacial score (nSPS) is 12.0. The molecule has 0 bridgehead atoms. The van der Waals surface area contributed by atoms with E-state index in [1.165, 1.54) is 5.01 Å². The standard InChI is InChI=1S/C9H18NO3SSi/c1-9-10(5-7-14-9)6-8-15(11-2,12-3)13-4/h5,7H,6,8H2,1-4H3/q+1. The molecule has 6 heteroatoms. The largest absolute Gasteiger partial charge is 0.506 e. The van der Waals surface area contributed by atoms with Crippen LogP contribution < -0.4 is 4.57 Å². The van der Waals surface area contributed by atoms with E-state index in [1.54, 1.807) is 32.7 Å². The van der Waals surface area contributed by atoms with Gasteiger partial charge in [0.2, 0.25) is 5.01 Å². The molecule has 0 spiro atoms. The van der Waals surface area contributed by atoms with E-state index in [0.717, 1.165) is 12.6 Å². The van der Waals surface area contributed by atoms with Crippen LogP contribution in [0.1, 0.15) is 5.01 Å². The molecule has 1 aromatic rings. The predicted molar refractivity (Wildman–Crippen MR) is 60.8 cm³/mol. The molecule has 0 amide bonds. The highest BCUT2D eigenvalue weighted by Crippen LogP contribution is 2.12. The molecule has 0 fully saturated rings. The van der Waals surface area contributed by atoms with Gasteiger partial charge < -0.3 is 13.3 Å². The first-order valence-corrected chi connectivity index (χ1v) is 7.57. The molecule has 1 heterocycles. The Bertz CT molecular complexity index is 293. The lowest BCUT2D eigenvalue weighted by atomic mass is 10.6. The monoisotopic (exact) mass is 248 g/mol. The minimum absolute atomic E-state index is 0.790. The lowest BCUT2D eigenvalue weighted by Gasteiger charge is -2.22. The van der Waals surface area contributed by atoms with Gasteiger partial charge in [0.05, 0.1) is 11.4 Å². The average molecular weight is 248 g/mol. The molecular formula is C9H18NO3SSi+. The third kappa shape index (κ3) is 3.09. The third-order valence-electron chi connectivity index (χ3n) is 2.48. The Labute approximate surface area is 95.8 Å². The number of hydrogen-bond donors (Lipinski definition) is 0. The van der Waals surface area contributed by atoms with Crippen LogP contribution in [-0.2, 0) is 19.8 Å². The van der Waals surface area contributed by atoms with Crippen molar-refractivity contribution in [2.45, 2.75) is 19.5 Å². The van der Waals surface area contributed by atoms with Gasteiger partial charge in [-0.25, -0.2) is 0 Å². The van der Waals surface area contributed by atoms with Crippen molar-refractivity contribution in [3.63, 3.8) is 0 Å². The van der Waals surface area contributed by atoms with E-state index < -0.39 is 8.80 Å². The lowest BCUT2D eigenvalue weighted by Crippen LogP contribution is -2.47. The average Bonchev–Trinajstić information content (AvgIpc) is 2.67. The van der Waals surface area contributed by atoms with E-state index >= 15 is 0 Å². The van der Waals surface area contributed by atoms with Crippen LogP contribution in [0.5, 0.6) is 0 Å². The topological polar surface area (TPSA) is 31.6 Å². The van der Waals surface area contributed by atoms with E-state index in [2.05, 4.69) is 23.1 Å². The van der Waals surface area contributed by atoms with Gasteiger partial charge in [0.25, 0.3) is 0 Å². The molecule has 0 saturated heterocycles. The van der Waals surface area contributed by atoms with Crippen LogP contribution in [0.4, 0.5) is 0 Å². The molecule has 4 nitrogen and oxygen atoms in total. The second-order valence-electron chi connectivity index (χ2n) is 3.16. The van der Waals surface area contributed by atoms with Gasteiger partial charge in [-0.3, -0.25) is 0 Å². The van der Waals surface area contributed by atoms with Crippen molar-refractivity contribution >= 4 is 20.1 Å². The first-order chi connectivity index (χ1) is 7.17. The Hall–Kier alpha value is -0.273. The van der Waals surface area contributed by atoms with Gasteiger partial charge in [-0.2, -0.15) is 4.57 Å². The van der Waals surface area contributed by atoms with Crippen LogP contribution in [0.25, 0.3) is 0 Å². The van der Waals surface area contributed by atoms with Gasteiger partial charge in [-0.15, -0.1) is 0 Å². The van der Waals surface area contributed by atoms with Gasteiger partial charge in [0.1, 0.15) is 0 Å². The summed E-state index contributed by atoms with van der Waals surface area (Å²) in [5, 5.41) is 3.35. The zero-order valence-electron chi connectivity index (χ0n) is 9.65. The van der Waals surface area contributed by atoms with Crippen molar-refractivity contribution in [3.05, 3.63) is 16.6 Å². The van der Waals surface area contributed by atoms with E-state index in [9.17, 15) is 0 Å². The van der Waals surface area contributed by atoms with Crippen LogP contribution in [0.3, 0.4) is 0 Å². The summed E-state index contributed by atoms with van der Waals surface area (Å²) in [5.74, 6) is 0. The van der Waals surface area contributed by atoms with Crippen LogP contribution in [0.2, 0.25) is 6.04 Å². The quantitative estimate of drug-likeness (QED) is 0.560. The maximum atomic E-state index is 5.36. The van der Waals surface area contributed by atoms with Gasteiger partial charge in [-0.05, 0) is 0 Å². The molecule has 0 aromatic carbocycles. The predicted octanol–water partition coefficient (Wildman–Crippen LogP) is 1.22. The van der Waals surface area contributed by atoms with Gasteiger partial charge in [-0.1, -0.05) is 11.3 Å². The van der Waals surface area contributed by atoms with E-state index in [4.69, 9.17) is 13.3 Å². The third-order valence-corrected chi connectivity index (χ3v) is 6.01. The van der Waals surface area contributed by atoms with Crippen molar-refractivity contribution in [2.24, 2.45) is 0 Å². The highest BCUT2D eigenvalue weighted by atomic mass is 32.1. The Kier molecular flexibility index (Phi) is 4.87. The van der Waals surface area contributed by atoms with E-state index in [0.29, 0.717) is 0 Å². The molecular weight excluding hydrogens is 230 g/mol. The Morgan fingerprint density at radius 1 is 1.27 bits per heavy atom. The fourth-order valence-corrected chi connectivity index (χ4v) is 3.74. The molecule has 0 saturated carbocycles. The minimum Gasteiger partial charge on any atom is -0.377 e. The summed E-state index contributed by atoms with van der Waals surface area (Å²) in [5.41, 5.74) is 0. The summed E-state index contributed by atoms with van der Waals surface area (Å²) < 4.78 is 18.3. The molecule has 15 heavy (non-hydrogen) atoms. The van der Waals surface area contributed by atoms with Crippen LogP contribution >= 0.6 is 11.3 Å². The Balaban J connectivity index is 2.58. The molecule has 1 rings (SSSR count). The number of hydrogen-bond acceptors (Lipinski definition) is 4. The SMILES string of the molecule is CO[Si](CC[n+]1ccsc1C)(OC)OC. The molecule has 0 unspecified atom stereocenters. The summed E-state index contributed by atoms with van der Waals surface area (Å²) in [6.07, 6.45) is 2.07. The zero-order valence-corrected chi connectivity index (χ0v) is 11.5. The molecule has 0 aliphatic heterocycles. The number of rotatable bonds is 6. The van der Waals surface area contributed by atoms with Gasteiger partial charge in [0, 0.05) is 28.3 Å². The van der Waals surface area contributed by atoms with Crippen molar-refractivity contribution in [1.82, 2.24) is 0 Å². The Morgan fingerprint density at radius 3 is 2.27 bits per heavy atom. The maximum Gasteiger partial charge on any atom is 0.506 e. The maximum absolute atomic E-state index is 5.36. The molecule has 0 aliphatic carbocycles. The van der Waals surface area contributed by atoms with Crippen molar-refractivity contribution < 1.29 is 17.8 Å². The smallest absolute Gasteiger partial charge is 0.377 e. The zero-order chi connectivity index (χ0) is 11.3. The van der Waals surface area contributed by atoms with E-state index in [1.807, 2.05) is 0 Å². The second-order valence-corrected chi connectivity index (χ2v) is 7.35.